The summed E-state index contributed by atoms with van der Waals surface area (Å²) in [7, 11) is 3.16. The molecule has 4 N–H and O–H groups in total. The average molecular weight is 430 g/mol. The van der Waals surface area contributed by atoms with Crippen molar-refractivity contribution in [2.45, 2.75) is 12.6 Å². The number of nitrogens with two attached hydrogens (primary N) is 1. The maximum absolute atomic E-state index is 13.8. The third-order valence-electron chi connectivity index (χ3n) is 4.99. The lowest BCUT2D eigenvalue weighted by Gasteiger charge is -2.21. The van der Waals surface area contributed by atoms with Crippen LogP contribution in [-0.2, 0) is 11.4 Å². The van der Waals surface area contributed by atoms with Crippen LogP contribution in [0.3, 0.4) is 0 Å². The molecule has 0 saturated heterocycles. The third kappa shape index (κ3) is 5.42. The van der Waals surface area contributed by atoms with Gasteiger partial charge in [0.15, 0.2) is 5.78 Å². The molecule has 0 aliphatic heterocycles. The number of aliphatic hydroxyl groups excluding tert-OH is 1. The van der Waals surface area contributed by atoms with Crippen molar-refractivity contribution in [3.8, 4) is 5.75 Å². The van der Waals surface area contributed by atoms with E-state index < -0.39 is 6.04 Å². The zero-order chi connectivity index (χ0) is 22.9. The number of aliphatic hydroxyl groups is 1. The van der Waals surface area contributed by atoms with Crippen molar-refractivity contribution in [3.05, 3.63) is 101 Å². The van der Waals surface area contributed by atoms with E-state index in [0.29, 0.717) is 28.3 Å². The number of benzene rings is 3. The minimum atomic E-state index is -0.731. The molecule has 1 atom stereocenters. The Morgan fingerprint density at radius 2 is 1.75 bits per heavy atom. The predicted molar refractivity (Wildman–Crippen MR) is 129 cm³/mol. The number of rotatable bonds is 9. The van der Waals surface area contributed by atoms with Gasteiger partial charge in [-0.15, -0.1) is 0 Å². The van der Waals surface area contributed by atoms with Crippen LogP contribution in [0.4, 0.5) is 5.69 Å². The van der Waals surface area contributed by atoms with Gasteiger partial charge in [0, 0.05) is 25.0 Å². The first-order chi connectivity index (χ1) is 15.6. The van der Waals surface area contributed by atoms with Crippen molar-refractivity contribution in [2.24, 2.45) is 10.7 Å². The number of ether oxygens (including phenoxy) is 1. The number of methoxy groups -OCH3 is 1. The van der Waals surface area contributed by atoms with Gasteiger partial charge in [-0.05, 0) is 28.8 Å². The van der Waals surface area contributed by atoms with Gasteiger partial charge in [-0.2, -0.15) is 0 Å². The molecule has 0 radical (unpaired) electrons. The minimum Gasteiger partial charge on any atom is -0.497 e. The highest BCUT2D eigenvalue weighted by Gasteiger charge is 2.25. The first kappa shape index (κ1) is 22.8. The summed E-state index contributed by atoms with van der Waals surface area (Å²) in [4.78, 5) is 17.9. The Hall–Kier alpha value is -3.90. The largest absolute Gasteiger partial charge is 0.497 e. The summed E-state index contributed by atoms with van der Waals surface area (Å²) in [5.74, 6) is 0.351. The van der Waals surface area contributed by atoms with Crippen LogP contribution in [0.2, 0.25) is 0 Å². The standard InChI is InChI=1S/C26H27N3O3/c1-28-16-23(24(27)19-9-5-3-6-10-19)26(31)25(20-11-7-4-8-12-20)29-21-13-18(17-30)14-22(15-21)32-2/h3-16,25,29-30H,17,27H2,1-2H3. The second-order valence-electron chi connectivity index (χ2n) is 7.16. The molecule has 3 aromatic carbocycles. The van der Waals surface area contributed by atoms with E-state index in [9.17, 15) is 9.90 Å². The molecule has 3 rings (SSSR count). The number of carbonyl (C=O) groups is 1. The van der Waals surface area contributed by atoms with Crippen LogP contribution < -0.4 is 15.8 Å². The second kappa shape index (κ2) is 10.9. The molecule has 0 bridgehead atoms. The number of hydrogen-bond donors (Lipinski definition) is 3. The van der Waals surface area contributed by atoms with Crippen LogP contribution in [-0.4, -0.2) is 31.3 Å². The van der Waals surface area contributed by atoms with Crippen molar-refractivity contribution in [3.63, 3.8) is 0 Å². The third-order valence-corrected chi connectivity index (χ3v) is 4.99. The van der Waals surface area contributed by atoms with E-state index in [1.54, 1.807) is 32.4 Å². The molecule has 0 aromatic heterocycles. The highest BCUT2D eigenvalue weighted by atomic mass is 16.5. The van der Waals surface area contributed by atoms with Crippen molar-refractivity contribution in [2.75, 3.05) is 19.5 Å². The van der Waals surface area contributed by atoms with Crippen molar-refractivity contribution in [1.29, 1.82) is 0 Å². The Bertz CT molecular complexity index is 1090. The summed E-state index contributed by atoms with van der Waals surface area (Å²) in [6.07, 6.45) is 1.49. The van der Waals surface area contributed by atoms with Gasteiger partial charge in [-0.25, -0.2) is 0 Å². The number of anilines is 1. The molecule has 3 aromatic rings. The molecule has 0 spiro atoms. The van der Waals surface area contributed by atoms with Gasteiger partial charge < -0.3 is 20.9 Å². The summed E-state index contributed by atoms with van der Waals surface area (Å²) in [6.45, 7) is -0.148. The van der Waals surface area contributed by atoms with Crippen LogP contribution in [0.15, 0.2) is 89.4 Å². The smallest absolute Gasteiger partial charge is 0.193 e. The van der Waals surface area contributed by atoms with Crippen molar-refractivity contribution >= 4 is 23.4 Å². The Balaban J connectivity index is 2.09. The van der Waals surface area contributed by atoms with Gasteiger partial charge in [0.1, 0.15) is 11.8 Å². The van der Waals surface area contributed by atoms with E-state index in [1.807, 2.05) is 60.7 Å². The summed E-state index contributed by atoms with van der Waals surface area (Å²) in [5, 5.41) is 12.9. The number of ketones is 1. The maximum atomic E-state index is 13.8. The monoisotopic (exact) mass is 429 g/mol. The van der Waals surface area contributed by atoms with Crippen LogP contribution >= 0.6 is 0 Å². The molecule has 0 amide bonds. The lowest BCUT2D eigenvalue weighted by molar-refractivity contribution is -0.115. The summed E-state index contributed by atoms with van der Waals surface area (Å²) in [5.41, 5.74) is 9.90. The second-order valence-corrected chi connectivity index (χ2v) is 7.16. The highest BCUT2D eigenvalue weighted by molar-refractivity contribution is 6.21. The van der Waals surface area contributed by atoms with Gasteiger partial charge in [-0.3, -0.25) is 9.79 Å². The molecule has 0 fully saturated rings. The summed E-state index contributed by atoms with van der Waals surface area (Å²) < 4.78 is 5.34. The van der Waals surface area contributed by atoms with Crippen LogP contribution in [0.25, 0.3) is 5.70 Å². The normalized spacial score (nSPS) is 12.8. The van der Waals surface area contributed by atoms with Gasteiger partial charge in [0.05, 0.1) is 25.0 Å². The molecular formula is C26H27N3O3. The molecule has 164 valence electrons. The van der Waals surface area contributed by atoms with E-state index in [4.69, 9.17) is 10.5 Å². The van der Waals surface area contributed by atoms with Gasteiger partial charge in [0.2, 0.25) is 0 Å². The number of aliphatic imine (C=N–C) groups is 1. The lowest BCUT2D eigenvalue weighted by atomic mass is 9.94. The predicted octanol–water partition coefficient (Wildman–Crippen LogP) is 3.98. The van der Waals surface area contributed by atoms with Gasteiger partial charge >= 0.3 is 0 Å². The molecule has 0 saturated carbocycles. The van der Waals surface area contributed by atoms with Crippen LogP contribution in [0.1, 0.15) is 22.7 Å². The minimum absolute atomic E-state index is 0.148. The first-order valence-electron chi connectivity index (χ1n) is 10.2. The summed E-state index contributed by atoms with van der Waals surface area (Å²) >= 11 is 0. The molecule has 0 heterocycles. The van der Waals surface area contributed by atoms with Gasteiger partial charge in [0.25, 0.3) is 0 Å². The molecular weight excluding hydrogens is 402 g/mol. The molecule has 0 aliphatic rings. The Morgan fingerprint density at radius 1 is 1.09 bits per heavy atom. The van der Waals surface area contributed by atoms with E-state index in [1.165, 1.54) is 6.21 Å². The zero-order valence-corrected chi connectivity index (χ0v) is 18.2. The fourth-order valence-electron chi connectivity index (χ4n) is 3.39. The Morgan fingerprint density at radius 3 is 2.34 bits per heavy atom. The Kier molecular flexibility index (Phi) is 7.78. The Labute approximate surface area is 188 Å². The number of Topliss-reactive ketones (excluding diaryl/α,β-unsaturated/α-hetero) is 1. The number of nitrogens with one attached hydrogen (secondary N) is 1. The van der Waals surface area contributed by atoms with E-state index >= 15 is 0 Å². The van der Waals surface area contributed by atoms with E-state index in [2.05, 4.69) is 10.3 Å². The lowest BCUT2D eigenvalue weighted by Crippen LogP contribution is -2.25. The van der Waals surface area contributed by atoms with Crippen LogP contribution in [0.5, 0.6) is 5.75 Å². The number of hydrogen-bond acceptors (Lipinski definition) is 6. The topological polar surface area (TPSA) is 96.9 Å². The van der Waals surface area contributed by atoms with Crippen molar-refractivity contribution < 1.29 is 14.6 Å². The molecule has 1 unspecified atom stereocenters. The first-order valence-corrected chi connectivity index (χ1v) is 10.2. The number of carbonyl (C=O) groups excluding carboxylic acids is 1. The summed E-state index contributed by atoms with van der Waals surface area (Å²) in [6, 6.07) is 23.3. The van der Waals surface area contributed by atoms with Crippen molar-refractivity contribution in [1.82, 2.24) is 0 Å². The fourth-order valence-corrected chi connectivity index (χ4v) is 3.39. The maximum Gasteiger partial charge on any atom is 0.193 e. The average Bonchev–Trinajstić information content (AvgIpc) is 2.85. The highest BCUT2D eigenvalue weighted by Crippen LogP contribution is 2.28. The molecule has 32 heavy (non-hydrogen) atoms. The number of nitrogens with zero attached hydrogens (tertiary/aromatic N) is 1. The van der Waals surface area contributed by atoms with E-state index in [-0.39, 0.29) is 12.4 Å². The fraction of sp³-hybridized carbons (Fsp3) is 0.154. The van der Waals surface area contributed by atoms with E-state index in [0.717, 1.165) is 11.1 Å². The SMILES string of the molecule is CN=CC(C(=O)C(Nc1cc(CO)cc(OC)c1)c1ccccc1)=C(N)c1ccccc1. The quantitative estimate of drug-likeness (QED) is 0.353. The van der Waals surface area contributed by atoms with Gasteiger partial charge in [-0.1, -0.05) is 60.7 Å². The zero-order valence-electron chi connectivity index (χ0n) is 18.2. The molecule has 6 nitrogen and oxygen atoms in total. The molecule has 0 aliphatic carbocycles. The molecule has 6 heteroatoms. The van der Waals surface area contributed by atoms with Crippen LogP contribution in [0, 0.1) is 0 Å².